The zero-order valence-corrected chi connectivity index (χ0v) is 8.02. The maximum absolute atomic E-state index is 5.41. The van der Waals surface area contributed by atoms with Gasteiger partial charge in [0, 0.05) is 21.2 Å². The summed E-state index contributed by atoms with van der Waals surface area (Å²) in [7, 11) is 1.49. The van der Waals surface area contributed by atoms with Gasteiger partial charge in [0.05, 0.1) is 15.3 Å². The normalized spacial score (nSPS) is 47.0. The largest absolute Gasteiger partial charge is 0.302 e. The molecular weight excluding hydrogens is 247 g/mol. The molecule has 0 saturated heterocycles. The Balaban J connectivity index is 1.77. The summed E-state index contributed by atoms with van der Waals surface area (Å²) in [6, 6.07) is 0. The second-order valence-corrected chi connectivity index (χ2v) is 4.41. The fourth-order valence-electron chi connectivity index (χ4n) is 1.79. The Kier molecular flexibility index (Phi) is 1.93. The third-order valence-electron chi connectivity index (χ3n) is 2.37. The molecule has 0 aromatic carbocycles. The summed E-state index contributed by atoms with van der Waals surface area (Å²) in [6.07, 6.45) is 4.75. The smallest absolute Gasteiger partial charge is 0.0737 e. The molecule has 0 amide bonds. The van der Waals surface area contributed by atoms with E-state index < -0.39 is 0 Å². The van der Waals surface area contributed by atoms with Gasteiger partial charge in [0.1, 0.15) is 0 Å². The predicted octanol–water partition coefficient (Wildman–Crippen LogP) is 2.80. The number of hydrogen-bond acceptors (Lipinski definition) is 2. The van der Waals surface area contributed by atoms with Crippen LogP contribution in [0.25, 0.3) is 0 Å². The molecule has 0 heterocycles. The highest BCUT2D eigenvalue weighted by atomic mass is 127. The van der Waals surface area contributed by atoms with E-state index in [1.807, 2.05) is 0 Å². The van der Waals surface area contributed by atoms with Gasteiger partial charge in [-0.2, -0.15) is 0 Å². The number of halogens is 1. The Morgan fingerprint density at radius 3 is 2.44 bits per heavy atom. The van der Waals surface area contributed by atoms with Gasteiger partial charge in [-0.25, -0.2) is 0 Å². The average Bonchev–Trinajstić information content (AvgIpc) is 2.42. The fraction of sp³-hybridized carbons (Fsp3) is 1.00. The molecule has 0 aromatic rings. The molecule has 3 heteroatoms. The predicted molar refractivity (Wildman–Crippen MR) is 47.3 cm³/mol. The monoisotopic (exact) mass is 256 g/mol. The Labute approximate surface area is 71.7 Å². The molecule has 0 radical (unpaired) electrons. The number of rotatable bonds is 2. The molecule has 2 saturated carbocycles. The summed E-state index contributed by atoms with van der Waals surface area (Å²) in [5.41, 5.74) is 0. The van der Waals surface area contributed by atoms with Crippen molar-refractivity contribution in [2.75, 3.05) is 0 Å². The van der Waals surface area contributed by atoms with Crippen LogP contribution >= 0.6 is 30.4 Å². The lowest BCUT2D eigenvalue weighted by Crippen LogP contribution is -2.03. The van der Waals surface area contributed by atoms with Crippen molar-refractivity contribution in [1.29, 1.82) is 0 Å². The Morgan fingerprint density at radius 1 is 1.22 bits per heavy atom. The molecule has 2 atom stereocenters. The topological polar surface area (TPSA) is 9.23 Å². The van der Waals surface area contributed by atoms with Crippen LogP contribution in [0, 0.1) is 11.8 Å². The van der Waals surface area contributed by atoms with Gasteiger partial charge in [-0.1, -0.05) is 0 Å². The Morgan fingerprint density at radius 2 is 1.89 bits per heavy atom. The zero-order chi connectivity index (χ0) is 6.27. The van der Waals surface area contributed by atoms with Gasteiger partial charge in [0.25, 0.3) is 0 Å². The SMILES string of the molecule is ISOC1CC2CC2C1. The minimum atomic E-state index is 0.593. The fourth-order valence-corrected chi connectivity index (χ4v) is 2.93. The van der Waals surface area contributed by atoms with E-state index in [-0.39, 0.29) is 0 Å². The zero-order valence-electron chi connectivity index (χ0n) is 5.05. The molecule has 0 N–H and O–H groups in total. The molecule has 0 bridgehead atoms. The first-order valence-corrected chi connectivity index (χ1v) is 6.62. The molecule has 0 aliphatic heterocycles. The van der Waals surface area contributed by atoms with Crippen molar-refractivity contribution in [2.24, 2.45) is 11.8 Å². The van der Waals surface area contributed by atoms with Crippen molar-refractivity contribution in [3.8, 4) is 0 Å². The van der Waals surface area contributed by atoms with Gasteiger partial charge in [0.15, 0.2) is 0 Å². The lowest BCUT2D eigenvalue weighted by Gasteiger charge is -2.07. The van der Waals surface area contributed by atoms with Gasteiger partial charge >= 0.3 is 0 Å². The highest BCUT2D eigenvalue weighted by Gasteiger charge is 2.46. The first kappa shape index (κ1) is 6.73. The van der Waals surface area contributed by atoms with Crippen molar-refractivity contribution in [3.05, 3.63) is 0 Å². The van der Waals surface area contributed by atoms with E-state index in [1.165, 1.54) is 28.5 Å². The van der Waals surface area contributed by atoms with E-state index in [9.17, 15) is 0 Å². The second-order valence-electron chi connectivity index (χ2n) is 3.01. The summed E-state index contributed by atoms with van der Waals surface area (Å²) in [6.45, 7) is 0. The van der Waals surface area contributed by atoms with Crippen molar-refractivity contribution < 1.29 is 4.18 Å². The summed E-state index contributed by atoms with van der Waals surface area (Å²) < 4.78 is 5.41. The Hall–Kier alpha value is 1.04. The van der Waals surface area contributed by atoms with Crippen LogP contribution in [0.3, 0.4) is 0 Å². The van der Waals surface area contributed by atoms with Crippen molar-refractivity contribution >= 4 is 30.4 Å². The van der Waals surface area contributed by atoms with Gasteiger partial charge in [-0.05, 0) is 31.1 Å². The summed E-state index contributed by atoms with van der Waals surface area (Å²) in [5, 5.41) is 0. The van der Waals surface area contributed by atoms with Crippen LogP contribution in [0.1, 0.15) is 19.3 Å². The van der Waals surface area contributed by atoms with E-state index in [0.29, 0.717) is 6.10 Å². The van der Waals surface area contributed by atoms with Crippen molar-refractivity contribution in [1.82, 2.24) is 0 Å². The molecular formula is C6H9IOS. The maximum Gasteiger partial charge on any atom is 0.0737 e. The van der Waals surface area contributed by atoms with Crippen LogP contribution in [-0.4, -0.2) is 6.10 Å². The molecule has 2 rings (SSSR count). The molecule has 0 aromatic heterocycles. The average molecular weight is 256 g/mol. The van der Waals surface area contributed by atoms with E-state index >= 15 is 0 Å². The third kappa shape index (κ3) is 1.38. The van der Waals surface area contributed by atoms with E-state index in [0.717, 1.165) is 11.8 Å². The van der Waals surface area contributed by atoms with Crippen LogP contribution in [0.2, 0.25) is 0 Å². The first-order chi connectivity index (χ1) is 4.40. The molecule has 1 nitrogen and oxygen atoms in total. The van der Waals surface area contributed by atoms with Crippen LogP contribution in [0.15, 0.2) is 0 Å². The Bertz CT molecular complexity index is 110. The quantitative estimate of drug-likeness (QED) is 0.555. The van der Waals surface area contributed by atoms with Gasteiger partial charge < -0.3 is 4.18 Å². The standard InChI is InChI=1S/C6H9IOS/c7-9-8-6-2-4-1-5(4)3-6/h4-6H,1-3H2. The van der Waals surface area contributed by atoms with Gasteiger partial charge in [-0.3, -0.25) is 0 Å². The lowest BCUT2D eigenvalue weighted by atomic mass is 10.2. The first-order valence-electron chi connectivity index (χ1n) is 3.34. The van der Waals surface area contributed by atoms with Gasteiger partial charge in [-0.15, -0.1) is 0 Å². The number of fused-ring (bicyclic) bond motifs is 1. The molecule has 9 heavy (non-hydrogen) atoms. The van der Waals surface area contributed by atoms with Crippen molar-refractivity contribution in [3.63, 3.8) is 0 Å². The molecule has 2 aliphatic carbocycles. The van der Waals surface area contributed by atoms with Crippen LogP contribution in [0.5, 0.6) is 0 Å². The summed E-state index contributed by atoms with van der Waals surface area (Å²) >= 11 is 2.19. The summed E-state index contributed by atoms with van der Waals surface area (Å²) in [4.78, 5) is 0. The lowest BCUT2D eigenvalue weighted by molar-refractivity contribution is 0.237. The molecule has 2 aliphatic rings. The molecule has 2 unspecified atom stereocenters. The highest BCUT2D eigenvalue weighted by Crippen LogP contribution is 2.53. The van der Waals surface area contributed by atoms with E-state index in [4.69, 9.17) is 4.18 Å². The number of hydrogen-bond donors (Lipinski definition) is 0. The van der Waals surface area contributed by atoms with Crippen LogP contribution in [0.4, 0.5) is 0 Å². The summed E-state index contributed by atoms with van der Waals surface area (Å²) in [5.74, 6) is 2.11. The molecule has 2 fully saturated rings. The van der Waals surface area contributed by atoms with Crippen LogP contribution < -0.4 is 0 Å². The molecule has 0 spiro atoms. The van der Waals surface area contributed by atoms with Crippen molar-refractivity contribution in [2.45, 2.75) is 25.4 Å². The molecule has 52 valence electrons. The second kappa shape index (κ2) is 2.58. The maximum atomic E-state index is 5.41. The minimum absolute atomic E-state index is 0.593. The van der Waals surface area contributed by atoms with Gasteiger partial charge in [0.2, 0.25) is 0 Å². The highest BCUT2D eigenvalue weighted by molar-refractivity contribution is 14.2. The van der Waals surface area contributed by atoms with E-state index in [1.54, 1.807) is 0 Å². The minimum Gasteiger partial charge on any atom is -0.302 e. The third-order valence-corrected chi connectivity index (χ3v) is 3.34. The van der Waals surface area contributed by atoms with E-state index in [2.05, 4.69) is 21.2 Å². The van der Waals surface area contributed by atoms with Crippen LogP contribution in [-0.2, 0) is 4.18 Å².